The number of amides is 4. The Bertz CT molecular complexity index is 857. The van der Waals surface area contributed by atoms with Crippen molar-refractivity contribution in [2.75, 3.05) is 7.05 Å². The smallest absolute Gasteiger partial charge is 0.322 e. The summed E-state index contributed by atoms with van der Waals surface area (Å²) < 4.78 is 0.535. The van der Waals surface area contributed by atoms with Crippen LogP contribution in [0.15, 0.2) is 16.2 Å². The van der Waals surface area contributed by atoms with Gasteiger partial charge in [0.15, 0.2) is 0 Å². The maximum Gasteiger partial charge on any atom is 0.322 e. The average molecular weight is 335 g/mol. The first-order chi connectivity index (χ1) is 10.9. The number of hydrogen-bond acceptors (Lipinski definition) is 6. The predicted octanol–water partition coefficient (Wildman–Crippen LogP) is -0.459. The molecule has 3 N–H and O–H groups in total. The Balaban J connectivity index is 1.68. The number of nitrogens with zero attached hydrogens (tertiary/aromatic N) is 2. The van der Waals surface area contributed by atoms with Gasteiger partial charge in [-0.05, 0) is 11.4 Å². The molecule has 120 valence electrons. The van der Waals surface area contributed by atoms with Gasteiger partial charge in [0.1, 0.15) is 16.6 Å². The lowest BCUT2D eigenvalue weighted by Gasteiger charge is -2.17. The number of carbonyl (C=O) groups excluding carboxylic acids is 3. The van der Waals surface area contributed by atoms with Gasteiger partial charge in [-0.25, -0.2) is 9.78 Å². The largest absolute Gasteiger partial charge is 0.338 e. The lowest BCUT2D eigenvalue weighted by atomic mass is 10.2. The Morgan fingerprint density at radius 3 is 2.87 bits per heavy atom. The molecular formula is C13H13N5O4S. The number of aromatic amines is 1. The third kappa shape index (κ3) is 3.06. The van der Waals surface area contributed by atoms with Crippen molar-refractivity contribution in [3.8, 4) is 0 Å². The van der Waals surface area contributed by atoms with E-state index < -0.39 is 18.0 Å². The summed E-state index contributed by atoms with van der Waals surface area (Å²) in [6, 6.07) is 0.257. The summed E-state index contributed by atoms with van der Waals surface area (Å²) in [6.45, 7) is 0.0994. The van der Waals surface area contributed by atoms with Crippen LogP contribution >= 0.6 is 11.3 Å². The first-order valence-corrected chi connectivity index (χ1v) is 7.63. The molecule has 0 aliphatic carbocycles. The minimum Gasteiger partial charge on any atom is -0.338 e. The molecule has 9 nitrogen and oxygen atoms in total. The molecule has 2 aromatic rings. The first-order valence-electron chi connectivity index (χ1n) is 6.76. The molecule has 3 heterocycles. The second-order valence-electron chi connectivity index (χ2n) is 5.12. The predicted molar refractivity (Wildman–Crippen MR) is 81.8 cm³/mol. The van der Waals surface area contributed by atoms with Gasteiger partial charge in [0, 0.05) is 7.05 Å². The van der Waals surface area contributed by atoms with Crippen molar-refractivity contribution in [1.82, 2.24) is 25.5 Å². The monoisotopic (exact) mass is 335 g/mol. The van der Waals surface area contributed by atoms with Crippen LogP contribution in [-0.2, 0) is 16.1 Å². The molecular weight excluding hydrogens is 322 g/mol. The zero-order valence-corrected chi connectivity index (χ0v) is 12.9. The fourth-order valence-corrected chi connectivity index (χ4v) is 2.97. The molecule has 0 unspecified atom stereocenters. The highest BCUT2D eigenvalue weighted by Crippen LogP contribution is 2.14. The van der Waals surface area contributed by atoms with Crippen LogP contribution in [0.25, 0.3) is 10.2 Å². The van der Waals surface area contributed by atoms with E-state index in [1.165, 1.54) is 23.3 Å². The van der Waals surface area contributed by atoms with Crippen LogP contribution < -0.4 is 16.2 Å². The van der Waals surface area contributed by atoms with Crippen molar-refractivity contribution in [1.29, 1.82) is 0 Å². The topological polar surface area (TPSA) is 124 Å². The minimum absolute atomic E-state index is 0.0994. The number of fused-ring (bicyclic) bond motifs is 1. The van der Waals surface area contributed by atoms with Crippen LogP contribution in [0.5, 0.6) is 0 Å². The first kappa shape index (κ1) is 15.2. The van der Waals surface area contributed by atoms with Gasteiger partial charge >= 0.3 is 6.03 Å². The normalized spacial score (nSPS) is 17.2. The molecule has 0 radical (unpaired) electrons. The zero-order valence-electron chi connectivity index (χ0n) is 12.1. The third-order valence-electron chi connectivity index (χ3n) is 3.41. The summed E-state index contributed by atoms with van der Waals surface area (Å²) in [5.74, 6) is -0.514. The SMILES string of the molecule is CN(Cc1nc2ccsc2c(=O)[nH]1)C(=O)C[C@@H]1NC(=O)NC1=O. The van der Waals surface area contributed by atoms with Gasteiger partial charge in [0.05, 0.1) is 18.5 Å². The fourth-order valence-electron chi connectivity index (χ4n) is 2.24. The quantitative estimate of drug-likeness (QED) is 0.652. The van der Waals surface area contributed by atoms with Gasteiger partial charge < -0.3 is 15.2 Å². The summed E-state index contributed by atoms with van der Waals surface area (Å²) in [5.41, 5.74) is 0.334. The number of nitrogens with one attached hydrogen (secondary N) is 3. The molecule has 1 aliphatic rings. The summed E-state index contributed by atoms with van der Waals surface area (Å²) in [5, 5.41) is 6.20. The molecule has 23 heavy (non-hydrogen) atoms. The van der Waals surface area contributed by atoms with E-state index >= 15 is 0 Å². The van der Waals surface area contributed by atoms with Gasteiger partial charge in [-0.1, -0.05) is 0 Å². The summed E-state index contributed by atoms with van der Waals surface area (Å²) >= 11 is 1.30. The third-order valence-corrected chi connectivity index (χ3v) is 4.32. The molecule has 1 fully saturated rings. The van der Waals surface area contributed by atoms with Crippen molar-refractivity contribution in [2.24, 2.45) is 0 Å². The second-order valence-corrected chi connectivity index (χ2v) is 6.03. The Labute approximate surface area is 133 Å². The number of carbonyl (C=O) groups is 3. The van der Waals surface area contributed by atoms with Gasteiger partial charge in [-0.3, -0.25) is 19.7 Å². The molecule has 10 heteroatoms. The number of hydrogen-bond donors (Lipinski definition) is 3. The van der Waals surface area contributed by atoms with Gasteiger partial charge in [0.25, 0.3) is 11.5 Å². The minimum atomic E-state index is -0.871. The van der Waals surface area contributed by atoms with E-state index in [0.717, 1.165) is 0 Å². The van der Waals surface area contributed by atoms with Crippen LogP contribution in [0.4, 0.5) is 4.79 Å². The van der Waals surface area contributed by atoms with E-state index in [-0.39, 0.29) is 24.4 Å². The average Bonchev–Trinajstić information content (AvgIpc) is 3.06. The highest BCUT2D eigenvalue weighted by molar-refractivity contribution is 7.17. The standard InChI is InChI=1S/C13H13N5O4S/c1-18(9(19)4-7-11(20)17-13(22)15-7)5-8-14-6-2-3-23-10(6)12(21)16-8/h2-3,7H,4-5H2,1H3,(H,14,16,21)(H2,15,17,20,22)/t7-/m0/s1. The van der Waals surface area contributed by atoms with Crippen molar-refractivity contribution < 1.29 is 14.4 Å². The Hall–Kier alpha value is -2.75. The van der Waals surface area contributed by atoms with Crippen LogP contribution in [0, 0.1) is 0 Å². The Morgan fingerprint density at radius 2 is 2.17 bits per heavy atom. The molecule has 0 spiro atoms. The number of imide groups is 1. The lowest BCUT2D eigenvalue weighted by molar-refractivity contribution is -0.133. The molecule has 0 aromatic carbocycles. The summed E-state index contributed by atoms with van der Waals surface area (Å²) in [4.78, 5) is 54.7. The van der Waals surface area contributed by atoms with Crippen LogP contribution in [0.3, 0.4) is 0 Å². The van der Waals surface area contributed by atoms with Crippen LogP contribution in [0.2, 0.25) is 0 Å². The van der Waals surface area contributed by atoms with Crippen molar-refractivity contribution in [3.05, 3.63) is 27.6 Å². The second kappa shape index (κ2) is 5.80. The fraction of sp³-hybridized carbons (Fsp3) is 0.308. The van der Waals surface area contributed by atoms with Crippen LogP contribution in [0.1, 0.15) is 12.2 Å². The molecule has 0 bridgehead atoms. The highest BCUT2D eigenvalue weighted by Gasteiger charge is 2.32. The molecule has 1 atom stereocenters. The van der Waals surface area contributed by atoms with E-state index in [9.17, 15) is 19.2 Å². The summed E-state index contributed by atoms with van der Waals surface area (Å²) in [7, 11) is 1.54. The maximum atomic E-state index is 12.1. The maximum absolute atomic E-state index is 12.1. The van der Waals surface area contributed by atoms with Crippen molar-refractivity contribution >= 4 is 39.4 Å². The van der Waals surface area contributed by atoms with Gasteiger partial charge in [-0.15, -0.1) is 11.3 Å². The molecule has 3 rings (SSSR count). The van der Waals surface area contributed by atoms with Gasteiger partial charge in [-0.2, -0.15) is 0 Å². The Morgan fingerprint density at radius 1 is 1.39 bits per heavy atom. The zero-order chi connectivity index (χ0) is 16.6. The number of thiophene rings is 1. The molecule has 1 aliphatic heterocycles. The summed E-state index contributed by atoms with van der Waals surface area (Å²) in [6.07, 6.45) is -0.154. The van der Waals surface area contributed by atoms with E-state index in [1.807, 2.05) is 0 Å². The lowest BCUT2D eigenvalue weighted by Crippen LogP contribution is -2.37. The van der Waals surface area contributed by atoms with E-state index in [4.69, 9.17) is 0 Å². The number of H-pyrrole nitrogens is 1. The highest BCUT2D eigenvalue weighted by atomic mass is 32.1. The van der Waals surface area contributed by atoms with Gasteiger partial charge in [0.2, 0.25) is 5.91 Å². The van der Waals surface area contributed by atoms with E-state index in [1.54, 1.807) is 11.4 Å². The number of aromatic nitrogens is 2. The molecule has 0 saturated carbocycles. The van der Waals surface area contributed by atoms with Crippen molar-refractivity contribution in [3.63, 3.8) is 0 Å². The van der Waals surface area contributed by atoms with Crippen LogP contribution in [-0.4, -0.2) is 45.8 Å². The number of urea groups is 1. The number of rotatable bonds is 4. The molecule has 2 aromatic heterocycles. The molecule has 4 amide bonds. The Kier molecular flexibility index (Phi) is 3.82. The van der Waals surface area contributed by atoms with Crippen molar-refractivity contribution in [2.45, 2.75) is 19.0 Å². The van der Waals surface area contributed by atoms with E-state index in [2.05, 4.69) is 20.6 Å². The van der Waals surface area contributed by atoms with E-state index in [0.29, 0.717) is 16.0 Å². The molecule has 1 saturated heterocycles.